The fraction of sp³-hybridized carbons (Fsp3) is 0.966. The third-order valence-electron chi connectivity index (χ3n) is 11.0. The van der Waals surface area contributed by atoms with Gasteiger partial charge in [0.15, 0.2) is 0 Å². The quantitative estimate of drug-likeness (QED) is 0.0793. The van der Waals surface area contributed by atoms with Crippen molar-refractivity contribution in [2.45, 2.75) is 53.4 Å². The molecule has 0 aromatic carbocycles. The molecular formula is C59H116O26. The van der Waals surface area contributed by atoms with Gasteiger partial charge in [-0.3, -0.25) is 9.59 Å². The molecule has 0 heterocycles. The molecule has 0 aromatic heterocycles. The molecule has 0 aliphatic carbocycles. The third-order valence-corrected chi connectivity index (χ3v) is 11.0. The Morgan fingerprint density at radius 2 is 0.329 bits per heavy atom. The Labute approximate surface area is 509 Å². The molecule has 0 unspecified atom stereocenters. The summed E-state index contributed by atoms with van der Waals surface area (Å²) in [5.41, 5.74) is -0.324. The van der Waals surface area contributed by atoms with E-state index in [4.69, 9.17) is 114 Å². The van der Waals surface area contributed by atoms with Gasteiger partial charge in [0, 0.05) is 31.3 Å². The van der Waals surface area contributed by atoms with Gasteiger partial charge in [0.25, 0.3) is 0 Å². The Kier molecular flexibility index (Phi) is 71.7. The summed E-state index contributed by atoms with van der Waals surface area (Å²) in [5, 5.41) is 0. The topological polar surface area (TPSA) is 256 Å². The largest absolute Gasteiger partial charge is 0.379 e. The lowest BCUT2D eigenvalue weighted by Gasteiger charge is -2.16. The van der Waals surface area contributed by atoms with E-state index >= 15 is 0 Å². The fourth-order valence-corrected chi connectivity index (χ4v) is 6.25. The zero-order chi connectivity index (χ0) is 61.4. The molecule has 26 heteroatoms. The Morgan fingerprint density at radius 3 is 0.459 bits per heavy atom. The molecule has 0 radical (unpaired) electrons. The van der Waals surface area contributed by atoms with Gasteiger partial charge >= 0.3 is 0 Å². The van der Waals surface area contributed by atoms with Gasteiger partial charge in [-0.1, -0.05) is 27.7 Å². The van der Waals surface area contributed by atoms with Crippen LogP contribution in [0.5, 0.6) is 0 Å². The molecule has 0 aliphatic rings. The van der Waals surface area contributed by atoms with E-state index in [-0.39, 0.29) is 17.0 Å². The van der Waals surface area contributed by atoms with Crippen LogP contribution < -0.4 is 0 Å². The van der Waals surface area contributed by atoms with Gasteiger partial charge in [0.1, 0.15) is 11.6 Å². The lowest BCUT2D eigenvalue weighted by atomic mass is 9.89. The first kappa shape index (κ1) is 83.4. The number of ketones is 2. The van der Waals surface area contributed by atoms with Crippen molar-refractivity contribution in [1.82, 2.24) is 0 Å². The molecule has 26 nitrogen and oxygen atoms in total. The summed E-state index contributed by atoms with van der Waals surface area (Å²) in [6.07, 6.45) is 2.35. The summed E-state index contributed by atoms with van der Waals surface area (Å²) in [4.78, 5) is 23.1. The fourth-order valence-electron chi connectivity index (χ4n) is 6.25. The van der Waals surface area contributed by atoms with Crippen LogP contribution in [-0.2, 0) is 123 Å². The molecule has 85 heavy (non-hydrogen) atoms. The van der Waals surface area contributed by atoms with Crippen LogP contribution in [0.25, 0.3) is 0 Å². The second kappa shape index (κ2) is 73.1. The van der Waals surface area contributed by atoms with Crippen molar-refractivity contribution < 1.29 is 123 Å². The van der Waals surface area contributed by atoms with E-state index in [1.54, 1.807) is 0 Å². The highest BCUT2D eigenvalue weighted by Crippen LogP contribution is 2.16. The van der Waals surface area contributed by atoms with Crippen LogP contribution in [-0.4, -0.2) is 329 Å². The van der Waals surface area contributed by atoms with Crippen LogP contribution in [0.2, 0.25) is 0 Å². The summed E-state index contributed by atoms with van der Waals surface area (Å²) in [6.45, 7) is 31.0. The van der Waals surface area contributed by atoms with Gasteiger partial charge in [0.2, 0.25) is 0 Å². The highest BCUT2D eigenvalue weighted by Gasteiger charge is 2.20. The number of hydrogen-bond donors (Lipinski definition) is 0. The van der Waals surface area contributed by atoms with Crippen LogP contribution in [0, 0.1) is 5.41 Å². The van der Waals surface area contributed by atoms with E-state index in [1.165, 1.54) is 0 Å². The Balaban J connectivity index is 3.10. The molecule has 0 saturated heterocycles. The average Bonchev–Trinajstić information content (AvgIpc) is 3.51. The van der Waals surface area contributed by atoms with Crippen LogP contribution in [0.1, 0.15) is 53.4 Å². The van der Waals surface area contributed by atoms with Gasteiger partial charge in [0.05, 0.1) is 311 Å². The molecule has 0 atom stereocenters. The lowest BCUT2D eigenvalue weighted by molar-refractivity contribution is -0.127. The van der Waals surface area contributed by atoms with Gasteiger partial charge in [-0.05, 0) is 6.42 Å². The van der Waals surface area contributed by atoms with Crippen molar-refractivity contribution >= 4 is 11.6 Å². The van der Waals surface area contributed by atoms with Gasteiger partial charge in [-0.2, -0.15) is 0 Å². The van der Waals surface area contributed by atoms with Crippen molar-refractivity contribution in [2.75, 3.05) is 317 Å². The zero-order valence-electron chi connectivity index (χ0n) is 52.9. The number of ether oxygens (including phenoxy) is 24. The molecule has 0 amide bonds. The lowest BCUT2D eigenvalue weighted by Crippen LogP contribution is -2.22. The first-order chi connectivity index (χ1) is 41.9. The van der Waals surface area contributed by atoms with E-state index in [0.29, 0.717) is 336 Å². The maximum absolute atomic E-state index is 11.8. The first-order valence-electron chi connectivity index (χ1n) is 30.8. The zero-order valence-corrected chi connectivity index (χ0v) is 52.9. The highest BCUT2D eigenvalue weighted by molar-refractivity contribution is 5.83. The van der Waals surface area contributed by atoms with E-state index in [9.17, 15) is 9.59 Å². The third kappa shape index (κ3) is 74.8. The monoisotopic (exact) mass is 1240 g/mol. The normalized spacial score (nSPS) is 11.9. The smallest absolute Gasteiger partial charge is 0.140 e. The maximum Gasteiger partial charge on any atom is 0.140 e. The standard InChI is InChI=1S/C59H116O26/c1-5-57(60)7-6-9-62-11-13-64-15-17-66-19-21-68-23-25-70-27-29-72-31-33-74-35-37-76-39-41-78-43-45-80-47-49-82-51-53-84-55-56-85-54-52-83-50-48-81-46-44-79-42-40-77-38-36-75-34-32-73-30-28-71-26-24-69-22-20-67-18-16-65-14-12-63-10-8-58(61)59(2,3)4/h5-56H2,1-4H3. The van der Waals surface area contributed by atoms with Gasteiger partial charge in [-0.15, -0.1) is 0 Å². The predicted molar refractivity (Wildman–Crippen MR) is 313 cm³/mol. The number of carbonyl (C=O) groups is 2. The second-order valence-corrected chi connectivity index (χ2v) is 19.1. The van der Waals surface area contributed by atoms with Crippen molar-refractivity contribution in [1.29, 1.82) is 0 Å². The first-order valence-corrected chi connectivity index (χ1v) is 30.8. The second-order valence-electron chi connectivity index (χ2n) is 19.1. The molecular weight excluding hydrogens is 1120 g/mol. The molecule has 0 rings (SSSR count). The summed E-state index contributed by atoms with van der Waals surface area (Å²) in [7, 11) is 0. The number of Topliss-reactive ketones (excluding diaryl/α,β-unsaturated/α-hetero) is 2. The van der Waals surface area contributed by atoms with Crippen LogP contribution in [0.15, 0.2) is 0 Å². The number of hydrogen-bond acceptors (Lipinski definition) is 26. The van der Waals surface area contributed by atoms with Crippen LogP contribution in [0.4, 0.5) is 0 Å². The Bertz CT molecular complexity index is 1290. The summed E-state index contributed by atoms with van der Waals surface area (Å²) in [5.74, 6) is 0.467. The average molecular weight is 1240 g/mol. The van der Waals surface area contributed by atoms with Crippen molar-refractivity contribution in [3.63, 3.8) is 0 Å². The Hall–Kier alpha value is -1.62. The summed E-state index contributed by atoms with van der Waals surface area (Å²) in [6, 6.07) is 0. The van der Waals surface area contributed by atoms with Gasteiger partial charge in [-0.25, -0.2) is 0 Å². The highest BCUT2D eigenvalue weighted by atomic mass is 16.6. The molecule has 0 aromatic rings. The molecule has 508 valence electrons. The molecule has 0 aliphatic heterocycles. The van der Waals surface area contributed by atoms with E-state index in [2.05, 4.69) is 0 Å². The molecule has 0 bridgehead atoms. The van der Waals surface area contributed by atoms with Crippen LogP contribution >= 0.6 is 0 Å². The molecule has 0 saturated carbocycles. The minimum atomic E-state index is -0.324. The van der Waals surface area contributed by atoms with Crippen LogP contribution in [0.3, 0.4) is 0 Å². The predicted octanol–water partition coefficient (Wildman–Crippen LogP) is 3.15. The number of rotatable bonds is 77. The van der Waals surface area contributed by atoms with E-state index in [1.807, 2.05) is 27.7 Å². The van der Waals surface area contributed by atoms with E-state index in [0.717, 1.165) is 6.42 Å². The molecule has 0 N–H and O–H groups in total. The van der Waals surface area contributed by atoms with Crippen molar-refractivity contribution in [2.24, 2.45) is 5.41 Å². The van der Waals surface area contributed by atoms with Gasteiger partial charge < -0.3 is 114 Å². The molecule has 0 spiro atoms. The summed E-state index contributed by atoms with van der Waals surface area (Å²) >= 11 is 0. The number of carbonyl (C=O) groups excluding carboxylic acids is 2. The minimum absolute atomic E-state index is 0.196. The van der Waals surface area contributed by atoms with Crippen molar-refractivity contribution in [3.8, 4) is 0 Å². The SMILES string of the molecule is CCC(=O)CCCOCCOCCOCCOCCOCCOCCOCCOCCOCCOCCOCCOCCOCCOCCOCCOCCOCCOCCOCCOCCOCCOCCOCCOCCC(=O)C(C)(C)C. The van der Waals surface area contributed by atoms with Crippen molar-refractivity contribution in [3.05, 3.63) is 0 Å². The summed E-state index contributed by atoms with van der Waals surface area (Å²) < 4.78 is 132. The maximum atomic E-state index is 11.8. The molecule has 0 fully saturated rings. The van der Waals surface area contributed by atoms with E-state index < -0.39 is 0 Å². The minimum Gasteiger partial charge on any atom is -0.379 e. The Morgan fingerprint density at radius 1 is 0.200 bits per heavy atom.